The zero-order chi connectivity index (χ0) is 22.0. The molecular formula is C20H14ClF2N3O4S. The highest BCUT2D eigenvalue weighted by Gasteiger charge is 2.35. The van der Waals surface area contributed by atoms with Crippen molar-refractivity contribution in [1.82, 2.24) is 14.9 Å². The van der Waals surface area contributed by atoms with Crippen LogP contribution in [0.25, 0.3) is 21.0 Å². The first-order valence-electron chi connectivity index (χ1n) is 9.14. The molecular weight excluding hydrogens is 452 g/mol. The second-order valence-electron chi connectivity index (χ2n) is 7.22. The van der Waals surface area contributed by atoms with Crippen molar-refractivity contribution in [1.29, 1.82) is 0 Å². The van der Waals surface area contributed by atoms with Gasteiger partial charge in [0, 0.05) is 12.6 Å². The molecule has 1 aromatic carbocycles. The minimum absolute atomic E-state index is 0.00124. The van der Waals surface area contributed by atoms with Crippen LogP contribution in [0.2, 0.25) is 4.34 Å². The minimum Gasteiger partial charge on any atom is -0.363 e. The highest BCUT2D eigenvalue weighted by Crippen LogP contribution is 2.38. The number of aliphatic hydroxyl groups excluding tert-OH is 1. The summed E-state index contributed by atoms with van der Waals surface area (Å²) < 4.78 is 34.5. The molecule has 31 heavy (non-hydrogen) atoms. The molecule has 0 spiro atoms. The number of nitrogens with zero attached hydrogens (tertiary/aromatic N) is 1. The van der Waals surface area contributed by atoms with Crippen molar-refractivity contribution in [3.63, 3.8) is 0 Å². The summed E-state index contributed by atoms with van der Waals surface area (Å²) in [6.07, 6.45) is -1.47. The highest BCUT2D eigenvalue weighted by molar-refractivity contribution is 7.22. The lowest BCUT2D eigenvalue weighted by Gasteiger charge is -2.35. The third-order valence-corrected chi connectivity index (χ3v) is 6.63. The number of H-pyrrole nitrogens is 2. The number of hydrogen-bond donors (Lipinski definition) is 3. The number of nitrogens with one attached hydrogen (secondary N) is 2. The summed E-state index contributed by atoms with van der Waals surface area (Å²) in [5, 5.41) is 10.2. The van der Waals surface area contributed by atoms with Gasteiger partial charge in [-0.2, -0.15) is 0 Å². The fourth-order valence-electron chi connectivity index (χ4n) is 3.91. The number of halogens is 3. The number of fused-ring (bicyclic) bond motifs is 4. The lowest BCUT2D eigenvalue weighted by molar-refractivity contribution is -0.129. The third-order valence-electron chi connectivity index (χ3n) is 5.42. The predicted molar refractivity (Wildman–Crippen MR) is 111 cm³/mol. The van der Waals surface area contributed by atoms with Gasteiger partial charge in [0.1, 0.15) is 5.69 Å². The molecule has 1 aliphatic rings. The van der Waals surface area contributed by atoms with Crippen LogP contribution in [0, 0.1) is 11.6 Å². The van der Waals surface area contributed by atoms with Crippen LogP contribution in [0.5, 0.6) is 0 Å². The van der Waals surface area contributed by atoms with Gasteiger partial charge >= 0.3 is 0 Å². The molecule has 4 heterocycles. The quantitative estimate of drug-likeness (QED) is 0.419. The van der Waals surface area contributed by atoms with E-state index in [0.717, 1.165) is 22.3 Å². The second-order valence-corrected chi connectivity index (χ2v) is 8.94. The summed E-state index contributed by atoms with van der Waals surface area (Å²) in [5.41, 5.74) is 0.610. The highest BCUT2D eigenvalue weighted by atomic mass is 35.5. The van der Waals surface area contributed by atoms with E-state index in [4.69, 9.17) is 16.3 Å². The van der Waals surface area contributed by atoms with Gasteiger partial charge in [-0.15, -0.1) is 11.3 Å². The molecule has 1 aliphatic heterocycles. The van der Waals surface area contributed by atoms with Crippen molar-refractivity contribution in [2.45, 2.75) is 12.3 Å². The van der Waals surface area contributed by atoms with Crippen LogP contribution in [0.4, 0.5) is 8.78 Å². The fourth-order valence-corrected chi connectivity index (χ4v) is 5.05. The Morgan fingerprint density at radius 1 is 1.23 bits per heavy atom. The first kappa shape index (κ1) is 20.1. The summed E-state index contributed by atoms with van der Waals surface area (Å²) in [4.78, 5) is 32.4. The van der Waals surface area contributed by atoms with Gasteiger partial charge in [-0.25, -0.2) is 8.78 Å². The lowest BCUT2D eigenvalue weighted by Crippen LogP contribution is -2.39. The summed E-state index contributed by atoms with van der Waals surface area (Å²) in [6, 6.07) is 4.30. The maximum Gasteiger partial charge on any atom is 0.270 e. The Bertz CT molecular complexity index is 1400. The van der Waals surface area contributed by atoms with Crippen molar-refractivity contribution in [2.75, 3.05) is 13.7 Å². The Hall–Kier alpha value is -2.79. The number of hydrogen-bond acceptors (Lipinski definition) is 5. The van der Waals surface area contributed by atoms with Gasteiger partial charge in [-0.1, -0.05) is 11.6 Å². The van der Waals surface area contributed by atoms with Gasteiger partial charge in [-0.05, 0) is 29.7 Å². The zero-order valence-electron chi connectivity index (χ0n) is 15.8. The number of aliphatic hydroxyl groups is 1. The predicted octanol–water partition coefficient (Wildman–Crippen LogP) is 3.84. The number of thiophene rings is 1. The number of amides is 1. The Kier molecular flexibility index (Phi) is 4.63. The summed E-state index contributed by atoms with van der Waals surface area (Å²) in [7, 11) is 1.52. The van der Waals surface area contributed by atoms with E-state index in [1.807, 2.05) is 0 Å². The number of aromatic nitrogens is 2. The van der Waals surface area contributed by atoms with E-state index < -0.39 is 35.4 Å². The Morgan fingerprint density at radius 3 is 2.65 bits per heavy atom. The van der Waals surface area contributed by atoms with Gasteiger partial charge in [0.2, 0.25) is 0 Å². The molecule has 7 nitrogen and oxygen atoms in total. The molecule has 0 fully saturated rings. The third kappa shape index (κ3) is 3.14. The van der Waals surface area contributed by atoms with E-state index in [-0.39, 0.29) is 23.1 Å². The van der Waals surface area contributed by atoms with E-state index in [0.29, 0.717) is 15.6 Å². The van der Waals surface area contributed by atoms with Gasteiger partial charge in [0.25, 0.3) is 11.5 Å². The number of carbonyl (C=O) groups excluding carboxylic acids is 1. The summed E-state index contributed by atoms with van der Waals surface area (Å²) >= 11 is 7.30. The molecule has 0 saturated heterocycles. The number of benzene rings is 1. The van der Waals surface area contributed by atoms with Crippen LogP contribution in [0.3, 0.4) is 0 Å². The van der Waals surface area contributed by atoms with Crippen LogP contribution in [-0.4, -0.2) is 39.5 Å². The topological polar surface area (TPSA) is 98.4 Å². The SMILES string of the molecule is CN(C(=O)c1cc2sc(Cl)cc2[nH]1)[C@@H]1COC(O)c2[nH]c(=O)c3cc(F)c(F)cc3c21. The molecule has 160 valence electrons. The molecule has 0 saturated carbocycles. The first-order chi connectivity index (χ1) is 14.7. The number of pyridine rings is 1. The van der Waals surface area contributed by atoms with Crippen LogP contribution in [-0.2, 0) is 4.74 Å². The largest absolute Gasteiger partial charge is 0.363 e. The number of carbonyl (C=O) groups is 1. The maximum absolute atomic E-state index is 14.0. The van der Waals surface area contributed by atoms with Crippen molar-refractivity contribution >= 4 is 49.8 Å². The molecule has 11 heteroatoms. The average molecular weight is 466 g/mol. The first-order valence-corrected chi connectivity index (χ1v) is 10.3. The number of ether oxygens (including phenoxy) is 1. The fraction of sp³-hybridized carbons (Fsp3) is 0.200. The minimum atomic E-state index is -1.47. The van der Waals surface area contributed by atoms with Crippen LogP contribution < -0.4 is 5.56 Å². The van der Waals surface area contributed by atoms with Crippen molar-refractivity contribution in [2.24, 2.45) is 0 Å². The van der Waals surface area contributed by atoms with E-state index in [1.54, 1.807) is 12.1 Å². The second kappa shape index (κ2) is 7.13. The Labute approximate surface area is 181 Å². The molecule has 0 aliphatic carbocycles. The molecule has 1 amide bonds. The molecule has 4 aromatic rings. The van der Waals surface area contributed by atoms with Gasteiger partial charge in [0.15, 0.2) is 17.9 Å². The van der Waals surface area contributed by atoms with Crippen LogP contribution in [0.15, 0.2) is 29.1 Å². The van der Waals surface area contributed by atoms with Gasteiger partial charge in [0.05, 0.1) is 38.3 Å². The molecule has 0 bridgehead atoms. The van der Waals surface area contributed by atoms with Gasteiger partial charge < -0.3 is 24.7 Å². The number of likely N-dealkylation sites (N-methyl/N-ethyl adjacent to an activating group) is 1. The van der Waals surface area contributed by atoms with Gasteiger partial charge in [-0.3, -0.25) is 9.59 Å². The normalized spacial score (nSPS) is 18.5. The average Bonchev–Trinajstić information content (AvgIpc) is 3.27. The van der Waals surface area contributed by atoms with E-state index in [9.17, 15) is 23.5 Å². The number of aromatic amines is 2. The molecule has 3 aromatic heterocycles. The Balaban J connectivity index is 1.64. The summed E-state index contributed by atoms with van der Waals surface area (Å²) in [5.74, 6) is -2.70. The number of rotatable bonds is 2. The molecule has 0 radical (unpaired) electrons. The molecule has 2 atom stereocenters. The van der Waals surface area contributed by atoms with E-state index >= 15 is 0 Å². The van der Waals surface area contributed by atoms with E-state index in [1.165, 1.54) is 23.3 Å². The van der Waals surface area contributed by atoms with Crippen LogP contribution in [0.1, 0.15) is 34.1 Å². The Morgan fingerprint density at radius 2 is 1.94 bits per heavy atom. The smallest absolute Gasteiger partial charge is 0.270 e. The standard InChI is InChI=1S/C20H14ClF2N3O4S/c1-26(19(28)12-4-14-11(24-12)5-15(21)31-14)13-6-30-20(29)17-16(13)7-2-9(22)10(23)3-8(7)18(27)25-17/h2-5,13,20,24,29H,6H2,1H3,(H,25,27)/t13-,20?/m1/s1. The van der Waals surface area contributed by atoms with E-state index in [2.05, 4.69) is 9.97 Å². The lowest BCUT2D eigenvalue weighted by atomic mass is 9.94. The summed E-state index contributed by atoms with van der Waals surface area (Å²) in [6.45, 7) is -0.114. The van der Waals surface area contributed by atoms with Crippen molar-refractivity contribution in [3.8, 4) is 0 Å². The zero-order valence-corrected chi connectivity index (χ0v) is 17.4. The molecule has 3 N–H and O–H groups in total. The van der Waals surface area contributed by atoms with Crippen molar-refractivity contribution < 1.29 is 23.4 Å². The monoisotopic (exact) mass is 465 g/mol. The molecule has 5 rings (SSSR count). The maximum atomic E-state index is 14.0. The van der Waals surface area contributed by atoms with Crippen LogP contribution >= 0.6 is 22.9 Å². The molecule has 1 unspecified atom stereocenters. The van der Waals surface area contributed by atoms with Crippen molar-refractivity contribution in [3.05, 3.63) is 67.5 Å².